The summed E-state index contributed by atoms with van der Waals surface area (Å²) in [5, 5.41) is 11.2. The van der Waals surface area contributed by atoms with Crippen molar-refractivity contribution >= 4 is 41.4 Å². The molecule has 4 aliphatic heterocycles. The molecule has 16 heteroatoms. The van der Waals surface area contributed by atoms with Crippen molar-refractivity contribution in [2.75, 3.05) is 26.2 Å². The fourth-order valence-electron chi connectivity index (χ4n) is 8.13. The number of fused-ring (bicyclic) bond motifs is 3. The Morgan fingerprint density at radius 3 is 1.87 bits per heavy atom. The molecule has 1 aromatic heterocycles. The summed E-state index contributed by atoms with van der Waals surface area (Å²) in [7, 11) is 0. The Kier molecular flexibility index (Phi) is 12.3. The average molecular weight is 746 g/mol. The molecule has 6 rings (SSSR count). The van der Waals surface area contributed by atoms with Gasteiger partial charge < -0.3 is 41.0 Å². The van der Waals surface area contributed by atoms with Crippen LogP contribution in [0.25, 0.3) is 0 Å². The molecule has 0 saturated carbocycles. The molecular weight excluding hydrogens is 694 g/mol. The van der Waals surface area contributed by atoms with Gasteiger partial charge in [0.25, 0.3) is 0 Å². The Balaban J connectivity index is 1.34. The Morgan fingerprint density at radius 2 is 1.24 bits per heavy atom. The summed E-state index contributed by atoms with van der Waals surface area (Å²) in [5.74, 6) is -3.45. The predicted molar refractivity (Wildman–Crippen MR) is 195 cm³/mol. The number of nitrogens with zero attached hydrogens (tertiary/aromatic N) is 4. The van der Waals surface area contributed by atoms with Gasteiger partial charge in [0.2, 0.25) is 41.4 Å². The Morgan fingerprint density at radius 1 is 0.667 bits per heavy atom. The molecule has 6 atom stereocenters. The van der Waals surface area contributed by atoms with Gasteiger partial charge in [-0.05, 0) is 56.4 Å². The maximum absolute atomic E-state index is 14.4. The van der Waals surface area contributed by atoms with Crippen molar-refractivity contribution in [3.05, 3.63) is 54.1 Å². The molecule has 0 unspecified atom stereocenters. The van der Waals surface area contributed by atoms with Crippen LogP contribution in [-0.2, 0) is 46.4 Å². The molecule has 7 amide bonds. The van der Waals surface area contributed by atoms with E-state index in [4.69, 9.17) is 0 Å². The zero-order chi connectivity index (χ0) is 38.4. The SMILES string of the molecule is CC(C)C[C@@H]1NC(=O)[C@@H]2CCCN2C(=O)[C@H](Cc2cnc[nH]2)NC(=O)CNC(=O)[C@@H]2CCCN2C(=O)[C@@H]2CCCN2C(=O)[C@H](Cc2ccccc2)NC1=O. The van der Waals surface area contributed by atoms with Crippen LogP contribution in [0.5, 0.6) is 0 Å². The highest BCUT2D eigenvalue weighted by Gasteiger charge is 2.45. The quantitative estimate of drug-likeness (QED) is 0.267. The molecular formula is C38H51N9O7. The number of carbonyl (C=O) groups is 7. The Bertz CT molecular complexity index is 1700. The number of rotatable bonds is 6. The van der Waals surface area contributed by atoms with Crippen LogP contribution < -0.4 is 21.3 Å². The van der Waals surface area contributed by atoms with Gasteiger partial charge in [-0.1, -0.05) is 44.2 Å². The monoisotopic (exact) mass is 745 g/mol. The van der Waals surface area contributed by atoms with Crippen molar-refractivity contribution in [3.8, 4) is 0 Å². The lowest BCUT2D eigenvalue weighted by molar-refractivity contribution is -0.148. The molecule has 4 fully saturated rings. The van der Waals surface area contributed by atoms with E-state index in [1.165, 1.54) is 27.2 Å². The molecule has 2 aromatic rings. The minimum absolute atomic E-state index is 0.0144. The molecule has 5 heterocycles. The van der Waals surface area contributed by atoms with Crippen LogP contribution in [0.1, 0.15) is 70.1 Å². The van der Waals surface area contributed by atoms with Crippen molar-refractivity contribution in [2.24, 2.45) is 5.92 Å². The first-order chi connectivity index (χ1) is 26.0. The number of hydrogen-bond donors (Lipinski definition) is 5. The molecule has 16 nitrogen and oxygen atoms in total. The van der Waals surface area contributed by atoms with Crippen molar-refractivity contribution in [1.29, 1.82) is 0 Å². The highest BCUT2D eigenvalue weighted by molar-refractivity contribution is 5.98. The molecule has 0 aliphatic carbocycles. The lowest BCUT2D eigenvalue weighted by Crippen LogP contribution is -2.59. The van der Waals surface area contributed by atoms with E-state index in [1.54, 1.807) is 0 Å². The number of hydrogen-bond acceptors (Lipinski definition) is 8. The second-order valence-electron chi connectivity index (χ2n) is 15.1. The third-order valence-electron chi connectivity index (χ3n) is 10.8. The van der Waals surface area contributed by atoms with Gasteiger partial charge in [0.1, 0.15) is 36.3 Å². The van der Waals surface area contributed by atoms with Crippen LogP contribution in [0.2, 0.25) is 0 Å². The first kappa shape index (κ1) is 38.4. The first-order valence-corrected chi connectivity index (χ1v) is 19.1. The lowest BCUT2D eigenvalue weighted by Gasteiger charge is -2.33. The Hall–Kier alpha value is -5.28. The topological polar surface area (TPSA) is 206 Å². The van der Waals surface area contributed by atoms with E-state index >= 15 is 0 Å². The normalized spacial score (nSPS) is 27.8. The number of aromatic nitrogens is 2. The van der Waals surface area contributed by atoms with Gasteiger partial charge in [0, 0.05) is 44.4 Å². The van der Waals surface area contributed by atoms with Gasteiger partial charge >= 0.3 is 0 Å². The smallest absolute Gasteiger partial charge is 0.246 e. The molecule has 1 aromatic carbocycles. The van der Waals surface area contributed by atoms with E-state index in [9.17, 15) is 33.6 Å². The standard InChI is InChI=1S/C38H51N9O7/c1-23(2)17-26-33(49)44-27(18-24-9-4-3-5-10-24)36(52)47-16-8-13-31(47)38(54)46-15-6-11-29(46)34(50)40-21-32(48)42-28(19-25-20-39-22-41-25)37(53)45-14-7-12-30(45)35(51)43-26/h3-5,9-10,20,22-23,26-31H,6-8,11-19,21H2,1-2H3,(H,39,41)(H,40,50)(H,42,48)(H,43,51)(H,44,49)/t26-,27-,28-,29-,30-,31-/m0/s1. The highest BCUT2D eigenvalue weighted by atomic mass is 16.2. The van der Waals surface area contributed by atoms with Crippen molar-refractivity contribution in [1.82, 2.24) is 45.9 Å². The third-order valence-corrected chi connectivity index (χ3v) is 10.8. The fraction of sp³-hybridized carbons (Fsp3) is 0.579. The zero-order valence-corrected chi connectivity index (χ0v) is 30.9. The summed E-state index contributed by atoms with van der Waals surface area (Å²) in [6.07, 6.45) is 6.30. The first-order valence-electron chi connectivity index (χ1n) is 19.1. The van der Waals surface area contributed by atoms with E-state index in [1.807, 2.05) is 44.2 Å². The zero-order valence-electron chi connectivity index (χ0n) is 30.9. The summed E-state index contributed by atoms with van der Waals surface area (Å²) in [6, 6.07) is 3.54. The van der Waals surface area contributed by atoms with Crippen LogP contribution in [0.15, 0.2) is 42.9 Å². The number of benzene rings is 1. The summed E-state index contributed by atoms with van der Waals surface area (Å²) < 4.78 is 0. The molecule has 0 radical (unpaired) electrons. The number of carbonyl (C=O) groups excluding carboxylic acids is 7. The van der Waals surface area contributed by atoms with E-state index in [-0.39, 0.29) is 37.6 Å². The summed E-state index contributed by atoms with van der Waals surface area (Å²) in [5.41, 5.74) is 1.38. The van der Waals surface area contributed by atoms with Gasteiger partial charge in [-0.3, -0.25) is 33.6 Å². The third kappa shape index (κ3) is 8.91. The summed E-state index contributed by atoms with van der Waals surface area (Å²) in [6.45, 7) is 4.30. The number of imidazole rings is 1. The lowest BCUT2D eigenvalue weighted by atomic mass is 10.00. The van der Waals surface area contributed by atoms with Gasteiger partial charge in [-0.25, -0.2) is 4.98 Å². The van der Waals surface area contributed by atoms with Crippen LogP contribution >= 0.6 is 0 Å². The molecule has 290 valence electrons. The molecule has 5 N–H and O–H groups in total. The highest BCUT2D eigenvalue weighted by Crippen LogP contribution is 2.27. The van der Waals surface area contributed by atoms with Crippen LogP contribution in [0, 0.1) is 5.92 Å². The average Bonchev–Trinajstić information content (AvgIpc) is 3.99. The number of aromatic amines is 1. The second-order valence-corrected chi connectivity index (χ2v) is 15.1. The molecule has 0 bridgehead atoms. The summed E-state index contributed by atoms with van der Waals surface area (Å²) >= 11 is 0. The number of H-pyrrole nitrogens is 1. The molecule has 0 spiro atoms. The van der Waals surface area contributed by atoms with Crippen LogP contribution in [0.4, 0.5) is 0 Å². The molecule has 4 aliphatic rings. The maximum Gasteiger partial charge on any atom is 0.246 e. The molecule has 54 heavy (non-hydrogen) atoms. The minimum atomic E-state index is -1.09. The maximum atomic E-state index is 14.4. The van der Waals surface area contributed by atoms with E-state index in [0.29, 0.717) is 57.3 Å². The predicted octanol–water partition coefficient (Wildman–Crippen LogP) is -0.202. The number of amides is 7. The van der Waals surface area contributed by atoms with Gasteiger partial charge in [-0.2, -0.15) is 0 Å². The van der Waals surface area contributed by atoms with Gasteiger partial charge in [-0.15, -0.1) is 0 Å². The second kappa shape index (κ2) is 17.2. The van der Waals surface area contributed by atoms with Crippen LogP contribution in [-0.4, -0.2) is 128 Å². The van der Waals surface area contributed by atoms with E-state index < -0.39 is 78.2 Å². The minimum Gasteiger partial charge on any atom is -0.348 e. The van der Waals surface area contributed by atoms with Crippen molar-refractivity contribution < 1.29 is 33.6 Å². The Labute approximate surface area is 314 Å². The molecule has 4 saturated heterocycles. The van der Waals surface area contributed by atoms with Crippen molar-refractivity contribution in [2.45, 2.75) is 108 Å². The largest absolute Gasteiger partial charge is 0.348 e. The fourth-order valence-corrected chi connectivity index (χ4v) is 8.13. The van der Waals surface area contributed by atoms with Crippen LogP contribution in [0.3, 0.4) is 0 Å². The van der Waals surface area contributed by atoms with Gasteiger partial charge in [0.15, 0.2) is 0 Å². The van der Waals surface area contributed by atoms with E-state index in [0.717, 1.165) is 5.56 Å². The van der Waals surface area contributed by atoms with Gasteiger partial charge in [0.05, 0.1) is 12.9 Å². The van der Waals surface area contributed by atoms with E-state index in [2.05, 4.69) is 31.2 Å². The summed E-state index contributed by atoms with van der Waals surface area (Å²) in [4.78, 5) is 109. The number of nitrogens with one attached hydrogen (secondary N) is 5. The van der Waals surface area contributed by atoms with Crippen molar-refractivity contribution in [3.63, 3.8) is 0 Å².